The van der Waals surface area contributed by atoms with E-state index in [1.165, 1.54) is 5.56 Å². The Morgan fingerprint density at radius 3 is 2.66 bits per heavy atom. The van der Waals surface area contributed by atoms with Gasteiger partial charge in [0.15, 0.2) is 0 Å². The molecule has 1 aromatic carbocycles. The molecular formula is C22H20N4O2S. The number of aryl methyl sites for hydroxylation is 1. The Balaban J connectivity index is 1.44. The molecule has 1 saturated heterocycles. The molecule has 3 aromatic heterocycles. The standard InChI is InChI=1S/C22H20N4O2S/c1-15-24-18(14-29-15)22(16-6-3-2-4-7-16)9-12-26(13-10-22)21(27)19-17-8-5-11-23-20(17)25-28-19/h2-8,11,14H,9-10,12-13H2,1H3. The monoisotopic (exact) mass is 404 g/mol. The van der Waals surface area contributed by atoms with Crippen LogP contribution in [0, 0.1) is 6.92 Å². The number of thiazole rings is 1. The zero-order valence-electron chi connectivity index (χ0n) is 16.0. The largest absolute Gasteiger partial charge is 0.348 e. The molecule has 4 aromatic rings. The van der Waals surface area contributed by atoms with Crippen LogP contribution in [-0.4, -0.2) is 39.0 Å². The summed E-state index contributed by atoms with van der Waals surface area (Å²) in [5.74, 6) is 0.140. The van der Waals surface area contributed by atoms with Crippen molar-refractivity contribution in [3.8, 4) is 0 Å². The highest BCUT2D eigenvalue weighted by Gasteiger charge is 2.41. The van der Waals surface area contributed by atoms with Crippen molar-refractivity contribution in [2.75, 3.05) is 13.1 Å². The predicted octanol–water partition coefficient (Wildman–Crippen LogP) is 4.21. The molecule has 0 saturated carbocycles. The summed E-state index contributed by atoms with van der Waals surface area (Å²) in [5, 5.41) is 7.81. The van der Waals surface area contributed by atoms with Gasteiger partial charge in [0.25, 0.3) is 5.91 Å². The number of benzene rings is 1. The number of rotatable bonds is 3. The van der Waals surface area contributed by atoms with Gasteiger partial charge in [-0.1, -0.05) is 35.5 Å². The summed E-state index contributed by atoms with van der Waals surface area (Å²) in [7, 11) is 0. The highest BCUT2D eigenvalue weighted by atomic mass is 32.1. The number of amides is 1. The van der Waals surface area contributed by atoms with Gasteiger partial charge >= 0.3 is 0 Å². The third kappa shape index (κ3) is 3.02. The maximum absolute atomic E-state index is 13.1. The highest BCUT2D eigenvalue weighted by molar-refractivity contribution is 7.09. The second-order valence-electron chi connectivity index (χ2n) is 7.38. The lowest BCUT2D eigenvalue weighted by Crippen LogP contribution is -2.46. The van der Waals surface area contributed by atoms with E-state index in [0.717, 1.165) is 23.5 Å². The molecule has 0 unspecified atom stereocenters. The zero-order valence-corrected chi connectivity index (χ0v) is 16.9. The SMILES string of the molecule is Cc1nc(C2(c3ccccc3)CCN(C(=O)c3onc4ncccc34)CC2)cs1. The highest BCUT2D eigenvalue weighted by Crippen LogP contribution is 2.42. The van der Waals surface area contributed by atoms with Gasteiger partial charge in [-0.3, -0.25) is 4.79 Å². The van der Waals surface area contributed by atoms with Crippen molar-refractivity contribution < 1.29 is 9.32 Å². The first-order chi connectivity index (χ1) is 14.2. The fraction of sp³-hybridized carbons (Fsp3) is 0.273. The van der Waals surface area contributed by atoms with Crippen molar-refractivity contribution in [1.82, 2.24) is 20.0 Å². The van der Waals surface area contributed by atoms with E-state index in [9.17, 15) is 4.79 Å². The lowest BCUT2D eigenvalue weighted by Gasteiger charge is -2.41. The van der Waals surface area contributed by atoms with Crippen molar-refractivity contribution in [3.05, 3.63) is 76.1 Å². The minimum Gasteiger partial charge on any atom is -0.348 e. The lowest BCUT2D eigenvalue weighted by atomic mass is 9.70. The Hall–Kier alpha value is -3.06. The molecule has 7 heteroatoms. The summed E-state index contributed by atoms with van der Waals surface area (Å²) in [6.07, 6.45) is 3.27. The molecule has 146 valence electrons. The average Bonchev–Trinajstić information content (AvgIpc) is 3.40. The van der Waals surface area contributed by atoms with Crippen LogP contribution in [0.4, 0.5) is 0 Å². The quantitative estimate of drug-likeness (QED) is 0.511. The van der Waals surface area contributed by atoms with Crippen molar-refractivity contribution in [2.45, 2.75) is 25.2 Å². The van der Waals surface area contributed by atoms with Crippen molar-refractivity contribution in [3.63, 3.8) is 0 Å². The molecule has 0 bridgehead atoms. The molecule has 6 nitrogen and oxygen atoms in total. The van der Waals surface area contributed by atoms with Gasteiger partial charge in [-0.05, 0) is 37.5 Å². The lowest BCUT2D eigenvalue weighted by molar-refractivity contribution is 0.0645. The van der Waals surface area contributed by atoms with Gasteiger partial charge in [-0.25, -0.2) is 9.97 Å². The molecule has 1 aliphatic rings. The molecule has 0 radical (unpaired) electrons. The number of aromatic nitrogens is 3. The van der Waals surface area contributed by atoms with Crippen LogP contribution in [0.25, 0.3) is 11.0 Å². The van der Waals surface area contributed by atoms with Gasteiger partial charge < -0.3 is 9.42 Å². The van der Waals surface area contributed by atoms with Crippen molar-refractivity contribution >= 4 is 28.3 Å². The van der Waals surface area contributed by atoms with Crippen LogP contribution in [0.15, 0.2) is 58.6 Å². The van der Waals surface area contributed by atoms with E-state index in [0.29, 0.717) is 24.1 Å². The molecule has 0 atom stereocenters. The van der Waals surface area contributed by atoms with Crippen LogP contribution in [0.5, 0.6) is 0 Å². The minimum atomic E-state index is -0.173. The summed E-state index contributed by atoms with van der Waals surface area (Å²) in [5.41, 5.74) is 2.65. The minimum absolute atomic E-state index is 0.128. The van der Waals surface area contributed by atoms with Gasteiger partial charge in [0.05, 0.1) is 16.1 Å². The number of carbonyl (C=O) groups excluding carboxylic acids is 1. The molecular weight excluding hydrogens is 384 g/mol. The van der Waals surface area contributed by atoms with Gasteiger partial charge in [0, 0.05) is 30.1 Å². The van der Waals surface area contributed by atoms with E-state index >= 15 is 0 Å². The van der Waals surface area contributed by atoms with Crippen LogP contribution in [-0.2, 0) is 5.41 Å². The van der Waals surface area contributed by atoms with Crippen molar-refractivity contribution in [2.24, 2.45) is 0 Å². The predicted molar refractivity (Wildman–Crippen MR) is 111 cm³/mol. The molecule has 5 rings (SSSR count). The van der Waals surface area contributed by atoms with E-state index in [4.69, 9.17) is 9.51 Å². The summed E-state index contributed by atoms with van der Waals surface area (Å²) in [6, 6.07) is 14.1. The van der Waals surface area contributed by atoms with E-state index < -0.39 is 0 Å². The Kier molecular flexibility index (Phi) is 4.39. The zero-order chi connectivity index (χ0) is 19.8. The topological polar surface area (TPSA) is 72.1 Å². The fourth-order valence-corrected chi connectivity index (χ4v) is 4.92. The number of piperidine rings is 1. The van der Waals surface area contributed by atoms with Gasteiger partial charge in [0.1, 0.15) is 0 Å². The third-order valence-electron chi connectivity index (χ3n) is 5.79. The summed E-state index contributed by atoms with van der Waals surface area (Å²) in [6.45, 7) is 3.30. The Labute approximate surface area is 172 Å². The summed E-state index contributed by atoms with van der Waals surface area (Å²) < 4.78 is 5.34. The van der Waals surface area contributed by atoms with Crippen LogP contribution >= 0.6 is 11.3 Å². The van der Waals surface area contributed by atoms with Gasteiger partial charge in [0.2, 0.25) is 11.4 Å². The molecule has 1 fully saturated rings. The van der Waals surface area contributed by atoms with Crippen LogP contribution in [0.2, 0.25) is 0 Å². The Bertz CT molecular complexity index is 1160. The molecule has 1 aliphatic heterocycles. The molecule has 1 amide bonds. The first kappa shape index (κ1) is 18.0. The van der Waals surface area contributed by atoms with Crippen molar-refractivity contribution in [1.29, 1.82) is 0 Å². The second kappa shape index (κ2) is 7.08. The normalized spacial score (nSPS) is 16.2. The number of likely N-dealkylation sites (tertiary alicyclic amines) is 1. The smallest absolute Gasteiger partial charge is 0.293 e. The Morgan fingerprint density at radius 2 is 1.93 bits per heavy atom. The van der Waals surface area contributed by atoms with E-state index in [1.807, 2.05) is 24.0 Å². The van der Waals surface area contributed by atoms with E-state index in [1.54, 1.807) is 23.6 Å². The summed E-state index contributed by atoms with van der Waals surface area (Å²) in [4.78, 5) is 23.9. The van der Waals surface area contributed by atoms with E-state index in [2.05, 4.69) is 39.8 Å². The van der Waals surface area contributed by atoms with Crippen LogP contribution < -0.4 is 0 Å². The van der Waals surface area contributed by atoms with Crippen LogP contribution in [0.3, 0.4) is 0 Å². The van der Waals surface area contributed by atoms with E-state index in [-0.39, 0.29) is 17.1 Å². The molecule has 29 heavy (non-hydrogen) atoms. The average molecular weight is 404 g/mol. The maximum Gasteiger partial charge on any atom is 0.293 e. The number of hydrogen-bond acceptors (Lipinski definition) is 6. The first-order valence-corrected chi connectivity index (χ1v) is 10.5. The molecule has 0 N–H and O–H groups in total. The number of pyridine rings is 1. The third-order valence-corrected chi connectivity index (χ3v) is 6.56. The molecule has 0 spiro atoms. The first-order valence-electron chi connectivity index (χ1n) is 9.65. The second-order valence-corrected chi connectivity index (χ2v) is 8.44. The molecule has 0 aliphatic carbocycles. The number of carbonyl (C=O) groups is 1. The summed E-state index contributed by atoms with van der Waals surface area (Å²) >= 11 is 1.68. The van der Waals surface area contributed by atoms with Gasteiger partial charge in [-0.15, -0.1) is 11.3 Å². The number of fused-ring (bicyclic) bond motifs is 1. The number of hydrogen-bond donors (Lipinski definition) is 0. The maximum atomic E-state index is 13.1. The van der Waals surface area contributed by atoms with Gasteiger partial charge in [-0.2, -0.15) is 0 Å². The fourth-order valence-electron chi connectivity index (χ4n) is 4.21. The molecule has 4 heterocycles. The number of nitrogens with zero attached hydrogens (tertiary/aromatic N) is 4. The Morgan fingerprint density at radius 1 is 1.14 bits per heavy atom. The van der Waals surface area contributed by atoms with Crippen LogP contribution in [0.1, 0.15) is 39.7 Å².